The number of ether oxygens (including phenoxy) is 2. The summed E-state index contributed by atoms with van der Waals surface area (Å²) in [6, 6.07) is 15.1. The Bertz CT molecular complexity index is 1270. The molecule has 4 N–H and O–H groups in total. The SMILES string of the molecule is COc1cc2c(OC)cccc2cc1C(=O)NC(CCCNC(=N)CF)C(=O)NCc1cccc(Cl)c1. The Hall–Kier alpha value is -3.85. The molecule has 0 fully saturated rings. The number of nitrogens with one attached hydrogen (secondary N) is 4. The second-order valence-corrected chi connectivity index (χ2v) is 8.73. The maximum Gasteiger partial charge on any atom is 0.255 e. The van der Waals surface area contributed by atoms with Crippen molar-refractivity contribution in [3.63, 3.8) is 0 Å². The number of fused-ring (bicyclic) bond motifs is 1. The molecule has 196 valence electrons. The highest BCUT2D eigenvalue weighted by atomic mass is 35.5. The summed E-state index contributed by atoms with van der Waals surface area (Å²) in [6.07, 6.45) is 0.688. The van der Waals surface area contributed by atoms with Gasteiger partial charge in [0.2, 0.25) is 5.91 Å². The molecule has 0 aliphatic rings. The zero-order valence-electron chi connectivity index (χ0n) is 20.7. The van der Waals surface area contributed by atoms with Crippen LogP contribution in [0.3, 0.4) is 0 Å². The van der Waals surface area contributed by atoms with E-state index in [1.165, 1.54) is 7.11 Å². The van der Waals surface area contributed by atoms with Crippen LogP contribution in [-0.4, -0.2) is 51.1 Å². The average Bonchev–Trinajstić information content (AvgIpc) is 2.91. The van der Waals surface area contributed by atoms with Crippen LogP contribution in [0, 0.1) is 5.41 Å². The molecule has 8 nitrogen and oxygen atoms in total. The summed E-state index contributed by atoms with van der Waals surface area (Å²) in [5, 5.41) is 17.8. The van der Waals surface area contributed by atoms with E-state index in [9.17, 15) is 14.0 Å². The molecule has 0 saturated heterocycles. The molecule has 0 saturated carbocycles. The van der Waals surface area contributed by atoms with Gasteiger partial charge in [-0.05, 0) is 54.1 Å². The molecule has 0 spiro atoms. The molecule has 1 atom stereocenters. The molecule has 3 aromatic carbocycles. The number of rotatable bonds is 12. The van der Waals surface area contributed by atoms with E-state index in [4.69, 9.17) is 26.5 Å². The standard InChI is InChI=1S/C27H30ClFN4O4/c1-36-23-10-4-7-18-13-21(24(37-2)14-20(18)23)26(34)33-22(9-5-11-31-25(30)15-29)27(35)32-16-17-6-3-8-19(28)12-17/h3-4,6-8,10,12-14,22H,5,9,11,15-16H2,1-2H3,(H2,30,31)(H,32,35)(H,33,34). The maximum absolute atomic E-state index is 13.3. The lowest BCUT2D eigenvalue weighted by atomic mass is 10.0. The van der Waals surface area contributed by atoms with Crippen LogP contribution in [0.4, 0.5) is 4.39 Å². The number of benzene rings is 3. The second kappa shape index (κ2) is 13.5. The Balaban J connectivity index is 1.78. The first-order chi connectivity index (χ1) is 17.9. The van der Waals surface area contributed by atoms with Gasteiger partial charge in [-0.2, -0.15) is 0 Å². The molecule has 0 aliphatic heterocycles. The quantitative estimate of drug-likeness (QED) is 0.159. The Labute approximate surface area is 220 Å². The topological polar surface area (TPSA) is 113 Å². The third kappa shape index (κ3) is 7.57. The summed E-state index contributed by atoms with van der Waals surface area (Å²) in [5.74, 6) is -0.107. The zero-order valence-corrected chi connectivity index (χ0v) is 21.5. The fourth-order valence-corrected chi connectivity index (χ4v) is 4.07. The fraction of sp³-hybridized carbons (Fsp3) is 0.296. The van der Waals surface area contributed by atoms with Crippen LogP contribution in [0.2, 0.25) is 5.02 Å². The molecule has 1 unspecified atom stereocenters. The van der Waals surface area contributed by atoms with Crippen molar-refractivity contribution in [2.24, 2.45) is 0 Å². The van der Waals surface area contributed by atoms with E-state index in [-0.39, 0.29) is 36.8 Å². The first kappa shape index (κ1) is 27.7. The first-order valence-corrected chi connectivity index (χ1v) is 12.1. The van der Waals surface area contributed by atoms with Crippen LogP contribution >= 0.6 is 11.6 Å². The van der Waals surface area contributed by atoms with Gasteiger partial charge >= 0.3 is 0 Å². The fourth-order valence-electron chi connectivity index (χ4n) is 3.86. The van der Waals surface area contributed by atoms with E-state index in [0.29, 0.717) is 22.9 Å². The first-order valence-electron chi connectivity index (χ1n) is 11.7. The summed E-state index contributed by atoms with van der Waals surface area (Å²) in [5.41, 5.74) is 1.09. The highest BCUT2D eigenvalue weighted by molar-refractivity contribution is 6.30. The van der Waals surface area contributed by atoms with Gasteiger partial charge in [0.05, 0.1) is 19.8 Å². The van der Waals surface area contributed by atoms with Crippen molar-refractivity contribution in [3.05, 3.63) is 70.7 Å². The van der Waals surface area contributed by atoms with Gasteiger partial charge in [-0.15, -0.1) is 0 Å². The predicted octanol–water partition coefficient (Wildman–Crippen LogP) is 4.24. The molecule has 0 aromatic heterocycles. The van der Waals surface area contributed by atoms with Crippen molar-refractivity contribution in [1.29, 1.82) is 5.41 Å². The number of amidine groups is 1. The highest BCUT2D eigenvalue weighted by Crippen LogP contribution is 2.32. The monoisotopic (exact) mass is 528 g/mol. The Morgan fingerprint density at radius 3 is 2.49 bits per heavy atom. The van der Waals surface area contributed by atoms with Crippen molar-refractivity contribution < 1.29 is 23.5 Å². The molecule has 0 aliphatic carbocycles. The summed E-state index contributed by atoms with van der Waals surface area (Å²) in [4.78, 5) is 26.4. The molecule has 0 bridgehead atoms. The molecular formula is C27H30ClFN4O4. The van der Waals surface area contributed by atoms with Gasteiger partial charge in [0, 0.05) is 23.5 Å². The van der Waals surface area contributed by atoms with Crippen LogP contribution in [0.25, 0.3) is 10.8 Å². The number of amides is 2. The van der Waals surface area contributed by atoms with Crippen LogP contribution in [0.15, 0.2) is 54.6 Å². The second-order valence-electron chi connectivity index (χ2n) is 8.29. The summed E-state index contributed by atoms with van der Waals surface area (Å²) < 4.78 is 23.4. The molecule has 0 heterocycles. The number of halogens is 2. The van der Waals surface area contributed by atoms with Crippen molar-refractivity contribution in [2.75, 3.05) is 27.4 Å². The number of hydrogen-bond acceptors (Lipinski definition) is 5. The molecular weight excluding hydrogens is 499 g/mol. The lowest BCUT2D eigenvalue weighted by molar-refractivity contribution is -0.123. The maximum atomic E-state index is 13.3. The predicted molar refractivity (Wildman–Crippen MR) is 143 cm³/mol. The van der Waals surface area contributed by atoms with Gasteiger partial charge in [-0.1, -0.05) is 35.9 Å². The van der Waals surface area contributed by atoms with Gasteiger partial charge in [0.1, 0.15) is 30.1 Å². The van der Waals surface area contributed by atoms with E-state index in [0.717, 1.165) is 16.3 Å². The van der Waals surface area contributed by atoms with Crippen molar-refractivity contribution >= 4 is 40.0 Å². The van der Waals surface area contributed by atoms with E-state index in [1.54, 1.807) is 37.4 Å². The Morgan fingerprint density at radius 2 is 1.78 bits per heavy atom. The third-order valence-corrected chi connectivity index (χ3v) is 5.98. The number of carbonyl (C=O) groups excluding carboxylic acids is 2. The lowest BCUT2D eigenvalue weighted by Crippen LogP contribution is -2.47. The van der Waals surface area contributed by atoms with E-state index in [2.05, 4.69) is 16.0 Å². The van der Waals surface area contributed by atoms with Gasteiger partial charge in [-0.3, -0.25) is 15.0 Å². The zero-order chi connectivity index (χ0) is 26.8. The molecule has 10 heteroatoms. The number of carbonyl (C=O) groups is 2. The molecule has 0 radical (unpaired) electrons. The molecule has 3 rings (SSSR count). The van der Waals surface area contributed by atoms with E-state index >= 15 is 0 Å². The number of hydrogen-bond donors (Lipinski definition) is 4. The smallest absolute Gasteiger partial charge is 0.255 e. The Morgan fingerprint density at radius 1 is 1.03 bits per heavy atom. The summed E-state index contributed by atoms with van der Waals surface area (Å²) in [7, 11) is 3.03. The highest BCUT2D eigenvalue weighted by Gasteiger charge is 2.23. The van der Waals surface area contributed by atoms with Crippen LogP contribution < -0.4 is 25.4 Å². The van der Waals surface area contributed by atoms with Gasteiger partial charge in [-0.25, -0.2) is 4.39 Å². The van der Waals surface area contributed by atoms with E-state index < -0.39 is 18.6 Å². The van der Waals surface area contributed by atoms with Crippen molar-refractivity contribution in [1.82, 2.24) is 16.0 Å². The third-order valence-electron chi connectivity index (χ3n) is 5.74. The number of methoxy groups -OCH3 is 2. The van der Waals surface area contributed by atoms with E-state index in [1.807, 2.05) is 24.3 Å². The van der Waals surface area contributed by atoms with Gasteiger partial charge in [0.15, 0.2) is 0 Å². The number of alkyl halides is 1. The van der Waals surface area contributed by atoms with Crippen LogP contribution in [0.1, 0.15) is 28.8 Å². The minimum absolute atomic E-state index is 0.232. The average molecular weight is 529 g/mol. The minimum Gasteiger partial charge on any atom is -0.496 e. The lowest BCUT2D eigenvalue weighted by Gasteiger charge is -2.20. The summed E-state index contributed by atoms with van der Waals surface area (Å²) in [6.45, 7) is -0.377. The van der Waals surface area contributed by atoms with Gasteiger partial charge < -0.3 is 25.4 Å². The molecule has 3 aromatic rings. The largest absolute Gasteiger partial charge is 0.496 e. The van der Waals surface area contributed by atoms with Crippen LogP contribution in [-0.2, 0) is 11.3 Å². The van der Waals surface area contributed by atoms with Crippen molar-refractivity contribution in [2.45, 2.75) is 25.4 Å². The normalized spacial score (nSPS) is 11.5. The summed E-state index contributed by atoms with van der Waals surface area (Å²) >= 11 is 6.03. The molecule has 37 heavy (non-hydrogen) atoms. The Kier molecular flexibility index (Phi) is 10.1. The minimum atomic E-state index is -0.896. The van der Waals surface area contributed by atoms with Gasteiger partial charge in [0.25, 0.3) is 5.91 Å². The van der Waals surface area contributed by atoms with Crippen LogP contribution in [0.5, 0.6) is 11.5 Å². The van der Waals surface area contributed by atoms with Crippen molar-refractivity contribution in [3.8, 4) is 11.5 Å². The molecule has 2 amide bonds.